The molecule has 0 radical (unpaired) electrons. The van der Waals surface area contributed by atoms with E-state index in [1.165, 1.54) is 0 Å². The zero-order valence-corrected chi connectivity index (χ0v) is 20.9. The van der Waals surface area contributed by atoms with E-state index in [2.05, 4.69) is 15.9 Å². The molecule has 0 amide bonds. The molecule has 1 aliphatic heterocycles. The number of aliphatic hydroxyl groups is 2. The Kier molecular flexibility index (Phi) is 7.32. The van der Waals surface area contributed by atoms with Gasteiger partial charge in [-0.3, -0.25) is 0 Å². The molecule has 1 fully saturated rings. The van der Waals surface area contributed by atoms with E-state index in [1.54, 1.807) is 27.7 Å². The van der Waals surface area contributed by atoms with Crippen LogP contribution in [-0.2, 0) is 20.5 Å². The van der Waals surface area contributed by atoms with Crippen molar-refractivity contribution in [1.29, 1.82) is 0 Å². The average Bonchev–Trinajstić information content (AvgIpc) is 2.82. The highest BCUT2D eigenvalue weighted by atomic mass is 79.9. The van der Waals surface area contributed by atoms with Crippen molar-refractivity contribution in [3.05, 3.63) is 64.1 Å². The van der Waals surface area contributed by atoms with E-state index >= 15 is 0 Å². The number of halogens is 1. The maximum absolute atomic E-state index is 9.95. The van der Waals surface area contributed by atoms with Crippen molar-refractivity contribution in [2.75, 3.05) is 0 Å². The molecule has 0 unspecified atom stereocenters. The number of hydrogen-bond donors (Lipinski definition) is 2. The first-order valence-corrected chi connectivity index (χ1v) is 11.0. The van der Waals surface area contributed by atoms with Gasteiger partial charge in [-0.1, -0.05) is 52.3 Å². The van der Waals surface area contributed by atoms with Gasteiger partial charge < -0.3 is 19.5 Å². The molecule has 0 aromatic heterocycles. The fourth-order valence-corrected chi connectivity index (χ4v) is 3.15. The SMILES string of the molecule is CC(C)(O)c1ccc(B2OC(C)(C)C(C)(C)O2)cc1.CC(C)(O)c1ccc(Br)cc1. The Hall–Kier alpha value is -1.18. The second-order valence-electron chi connectivity index (χ2n) is 9.84. The van der Waals surface area contributed by atoms with Crippen LogP contribution in [0.25, 0.3) is 0 Å². The predicted octanol–water partition coefficient (Wildman–Crippen LogP) is 4.89. The smallest absolute Gasteiger partial charge is 0.399 e. The minimum Gasteiger partial charge on any atom is -0.399 e. The third-order valence-electron chi connectivity index (χ3n) is 5.69. The van der Waals surface area contributed by atoms with Gasteiger partial charge in [0.2, 0.25) is 0 Å². The van der Waals surface area contributed by atoms with Crippen molar-refractivity contribution in [3.8, 4) is 0 Å². The summed E-state index contributed by atoms with van der Waals surface area (Å²) in [5.41, 5.74) is 0.578. The molecular weight excluding hydrogens is 443 g/mol. The number of rotatable bonds is 3. The van der Waals surface area contributed by atoms with Crippen molar-refractivity contribution < 1.29 is 19.5 Å². The van der Waals surface area contributed by atoms with Gasteiger partial charge in [0, 0.05) is 4.47 Å². The van der Waals surface area contributed by atoms with Gasteiger partial charge in [0.05, 0.1) is 22.4 Å². The predicted molar refractivity (Wildman–Crippen MR) is 127 cm³/mol. The van der Waals surface area contributed by atoms with Gasteiger partial charge >= 0.3 is 7.12 Å². The third-order valence-corrected chi connectivity index (χ3v) is 6.22. The fourth-order valence-electron chi connectivity index (χ4n) is 2.89. The first kappa shape index (κ1) is 25.1. The quantitative estimate of drug-likeness (QED) is 0.619. The summed E-state index contributed by atoms with van der Waals surface area (Å²) < 4.78 is 13.0. The van der Waals surface area contributed by atoms with Crippen LogP contribution in [0.1, 0.15) is 66.5 Å². The Morgan fingerprint density at radius 3 is 1.37 bits per heavy atom. The van der Waals surface area contributed by atoms with E-state index in [-0.39, 0.29) is 18.3 Å². The Labute approximate surface area is 189 Å². The Morgan fingerprint density at radius 2 is 1.03 bits per heavy atom. The Bertz CT molecular complexity index is 815. The Morgan fingerprint density at radius 1 is 0.700 bits per heavy atom. The van der Waals surface area contributed by atoms with Crippen molar-refractivity contribution in [2.45, 2.75) is 77.8 Å². The van der Waals surface area contributed by atoms with Crippen LogP contribution in [-0.4, -0.2) is 28.5 Å². The maximum Gasteiger partial charge on any atom is 0.494 e. The number of benzene rings is 2. The minimum absolute atomic E-state index is 0.327. The fraction of sp³-hybridized carbons (Fsp3) is 0.500. The molecule has 1 saturated heterocycles. The van der Waals surface area contributed by atoms with Crippen LogP contribution in [0, 0.1) is 0 Å². The lowest BCUT2D eigenvalue weighted by atomic mass is 9.78. The van der Waals surface area contributed by atoms with Gasteiger partial charge in [-0.2, -0.15) is 0 Å². The van der Waals surface area contributed by atoms with Crippen molar-refractivity contribution in [3.63, 3.8) is 0 Å². The van der Waals surface area contributed by atoms with E-state index in [0.717, 1.165) is 21.1 Å². The van der Waals surface area contributed by atoms with Crippen molar-refractivity contribution in [1.82, 2.24) is 0 Å². The van der Waals surface area contributed by atoms with E-state index in [4.69, 9.17) is 9.31 Å². The zero-order chi connectivity index (χ0) is 23.0. The Balaban J connectivity index is 0.000000248. The molecule has 0 bridgehead atoms. The molecule has 3 rings (SSSR count). The van der Waals surface area contributed by atoms with Crippen LogP contribution < -0.4 is 5.46 Å². The molecule has 6 heteroatoms. The maximum atomic E-state index is 9.95. The molecule has 1 heterocycles. The summed E-state index contributed by atoms with van der Waals surface area (Å²) in [6.07, 6.45) is 0. The monoisotopic (exact) mass is 476 g/mol. The summed E-state index contributed by atoms with van der Waals surface area (Å²) in [4.78, 5) is 0. The van der Waals surface area contributed by atoms with E-state index in [0.29, 0.717) is 0 Å². The summed E-state index contributed by atoms with van der Waals surface area (Å²) in [5.74, 6) is 0. The average molecular weight is 477 g/mol. The molecule has 0 spiro atoms. The van der Waals surface area contributed by atoms with Gasteiger partial charge in [-0.25, -0.2) is 0 Å². The highest BCUT2D eigenvalue weighted by Crippen LogP contribution is 2.36. The largest absolute Gasteiger partial charge is 0.494 e. The van der Waals surface area contributed by atoms with Gasteiger partial charge in [-0.15, -0.1) is 0 Å². The molecule has 164 valence electrons. The molecule has 0 saturated carbocycles. The normalized spacial score (nSPS) is 18.0. The van der Waals surface area contributed by atoms with Crippen molar-refractivity contribution >= 4 is 28.5 Å². The van der Waals surface area contributed by atoms with Crippen LogP contribution in [0.5, 0.6) is 0 Å². The lowest BCUT2D eigenvalue weighted by Gasteiger charge is -2.32. The van der Waals surface area contributed by atoms with Gasteiger partial charge in [0.15, 0.2) is 0 Å². The van der Waals surface area contributed by atoms with E-state index in [1.807, 2.05) is 76.2 Å². The number of hydrogen-bond acceptors (Lipinski definition) is 4. The van der Waals surface area contributed by atoms with Crippen LogP contribution in [0.15, 0.2) is 53.0 Å². The second-order valence-corrected chi connectivity index (χ2v) is 10.8. The molecule has 4 nitrogen and oxygen atoms in total. The highest BCUT2D eigenvalue weighted by Gasteiger charge is 2.51. The first-order chi connectivity index (χ1) is 13.5. The molecule has 2 N–H and O–H groups in total. The van der Waals surface area contributed by atoms with E-state index in [9.17, 15) is 10.2 Å². The molecule has 2 aromatic rings. The topological polar surface area (TPSA) is 58.9 Å². The highest BCUT2D eigenvalue weighted by molar-refractivity contribution is 9.10. The van der Waals surface area contributed by atoms with Crippen LogP contribution >= 0.6 is 15.9 Å². The molecule has 30 heavy (non-hydrogen) atoms. The molecule has 0 atom stereocenters. The lowest BCUT2D eigenvalue weighted by Crippen LogP contribution is -2.41. The van der Waals surface area contributed by atoms with Gasteiger partial charge in [0.1, 0.15) is 0 Å². The zero-order valence-electron chi connectivity index (χ0n) is 19.3. The second kappa shape index (κ2) is 8.75. The van der Waals surface area contributed by atoms with E-state index < -0.39 is 11.2 Å². The van der Waals surface area contributed by atoms with Gasteiger partial charge in [-0.05, 0) is 84.1 Å². The summed E-state index contributed by atoms with van der Waals surface area (Å²) >= 11 is 3.33. The molecular formula is C24H34BBrO4. The molecule has 1 aliphatic rings. The first-order valence-electron chi connectivity index (χ1n) is 10.2. The van der Waals surface area contributed by atoms with Crippen LogP contribution in [0.2, 0.25) is 0 Å². The third kappa shape index (κ3) is 6.18. The van der Waals surface area contributed by atoms with Crippen LogP contribution in [0.3, 0.4) is 0 Å². The standard InChI is InChI=1S/C15H23BO3.C9H11BrO/c1-13(2,17)11-7-9-12(10-8-11)16-18-14(3,4)15(5,6)19-16;1-9(2,11)7-3-5-8(10)6-4-7/h7-10,17H,1-6H3;3-6,11H,1-2H3. The van der Waals surface area contributed by atoms with Crippen LogP contribution in [0.4, 0.5) is 0 Å². The van der Waals surface area contributed by atoms with Gasteiger partial charge in [0.25, 0.3) is 0 Å². The lowest BCUT2D eigenvalue weighted by molar-refractivity contribution is 0.00578. The molecule has 2 aromatic carbocycles. The van der Waals surface area contributed by atoms with Crippen molar-refractivity contribution in [2.24, 2.45) is 0 Å². The molecule has 0 aliphatic carbocycles. The summed E-state index contributed by atoms with van der Waals surface area (Å²) in [6, 6.07) is 15.4. The minimum atomic E-state index is -0.825. The summed E-state index contributed by atoms with van der Waals surface area (Å²) in [5, 5.41) is 19.5. The summed E-state index contributed by atoms with van der Waals surface area (Å²) in [7, 11) is -0.346. The summed E-state index contributed by atoms with van der Waals surface area (Å²) in [6.45, 7) is 15.3.